The van der Waals surface area contributed by atoms with Crippen molar-refractivity contribution in [3.8, 4) is 22.3 Å². The smallest absolute Gasteiger partial charge is 0.333 e. The van der Waals surface area contributed by atoms with E-state index in [1.165, 1.54) is 44.6 Å². The van der Waals surface area contributed by atoms with Gasteiger partial charge in [-0.05, 0) is 74.0 Å². The predicted octanol–water partition coefficient (Wildman–Crippen LogP) is 4.62. The molecule has 0 fully saturated rings. The molecule has 0 N–H and O–H groups in total. The van der Waals surface area contributed by atoms with Gasteiger partial charge in [0.05, 0.1) is 0 Å². The monoisotopic (exact) mass is 387 g/mol. The Labute approximate surface area is 177 Å². The highest BCUT2D eigenvalue weighted by Crippen LogP contribution is 2.46. The van der Waals surface area contributed by atoms with Crippen molar-refractivity contribution in [2.45, 2.75) is 27.7 Å². The van der Waals surface area contributed by atoms with Crippen molar-refractivity contribution >= 4 is 29.1 Å². The van der Waals surface area contributed by atoms with Crippen molar-refractivity contribution in [3.05, 3.63) is 83.4 Å². The number of benzene rings is 2. The number of hydrogen-bond acceptors (Lipinski definition) is 3. The molecule has 0 atom stereocenters. The maximum atomic E-state index is 4.88. The lowest BCUT2D eigenvalue weighted by Crippen LogP contribution is -2.61. The predicted molar refractivity (Wildman–Crippen MR) is 125 cm³/mol. The Morgan fingerprint density at radius 1 is 0.600 bits per heavy atom. The van der Waals surface area contributed by atoms with Gasteiger partial charge < -0.3 is 4.81 Å². The highest BCUT2D eigenvalue weighted by Gasteiger charge is 2.44. The van der Waals surface area contributed by atoms with Crippen LogP contribution in [-0.2, 0) is 0 Å². The van der Waals surface area contributed by atoms with Gasteiger partial charge in [0.2, 0.25) is 0 Å². The number of fused-ring (bicyclic) bond motifs is 11. The average molecular weight is 387 g/mol. The molecular weight excluding hydrogens is 365 g/mol. The third kappa shape index (κ3) is 2.22. The maximum Gasteiger partial charge on any atom is 0.333 e. The molecule has 144 valence electrons. The van der Waals surface area contributed by atoms with Crippen LogP contribution in [0.25, 0.3) is 22.3 Å². The molecule has 0 bridgehead atoms. The largest absolute Gasteiger partial charge is 0.376 e. The quantitative estimate of drug-likeness (QED) is 0.413. The number of aromatic nitrogens is 2. The number of anilines is 2. The number of rotatable bonds is 0. The molecule has 4 heteroatoms. The highest BCUT2D eigenvalue weighted by atomic mass is 15.1. The first-order chi connectivity index (χ1) is 14.5. The molecule has 3 nitrogen and oxygen atoms in total. The van der Waals surface area contributed by atoms with E-state index in [0.717, 1.165) is 22.8 Å². The summed E-state index contributed by atoms with van der Waals surface area (Å²) in [6.45, 7) is 8.54. The van der Waals surface area contributed by atoms with Crippen LogP contribution in [0, 0.1) is 27.7 Å². The fourth-order valence-corrected chi connectivity index (χ4v) is 5.45. The van der Waals surface area contributed by atoms with E-state index in [1.807, 2.05) is 0 Å². The second-order valence-electron chi connectivity index (χ2n) is 8.43. The number of pyridine rings is 2. The van der Waals surface area contributed by atoms with Crippen LogP contribution in [0.4, 0.5) is 11.4 Å². The van der Waals surface area contributed by atoms with Gasteiger partial charge in [-0.2, -0.15) is 0 Å². The van der Waals surface area contributed by atoms with Crippen LogP contribution in [0.2, 0.25) is 0 Å². The molecule has 0 saturated heterocycles. The van der Waals surface area contributed by atoms with E-state index in [0.29, 0.717) is 0 Å². The van der Waals surface area contributed by atoms with E-state index >= 15 is 0 Å². The molecule has 0 spiro atoms. The SMILES string of the molecule is Cc1cc2c(c(C)n1)B1c3c(cc(C)nc3C)-c3ccccc3N1c1ccccc1-2. The van der Waals surface area contributed by atoms with Crippen LogP contribution < -0.4 is 15.7 Å². The molecule has 4 aromatic rings. The fourth-order valence-electron chi connectivity index (χ4n) is 5.45. The first kappa shape index (κ1) is 17.5. The molecule has 2 aliphatic heterocycles. The van der Waals surface area contributed by atoms with Crippen LogP contribution in [0.3, 0.4) is 0 Å². The average Bonchev–Trinajstić information content (AvgIpc) is 2.73. The van der Waals surface area contributed by atoms with Crippen molar-refractivity contribution in [2.24, 2.45) is 0 Å². The summed E-state index contributed by atoms with van der Waals surface area (Å²) in [6, 6.07) is 22.0. The Bertz CT molecular complexity index is 1260. The minimum absolute atomic E-state index is 0.0704. The summed E-state index contributed by atoms with van der Waals surface area (Å²) in [6.07, 6.45) is 0. The molecule has 0 unspecified atom stereocenters. The zero-order chi connectivity index (χ0) is 20.6. The summed E-state index contributed by atoms with van der Waals surface area (Å²) >= 11 is 0. The standard InChI is InChI=1S/C26H22BN3/c1-15-13-21-19-9-5-7-11-23(19)30-24-12-8-6-10-20(24)22-14-16(2)29-18(4)26(22)27(30)25(21)17(3)28-15/h5-14H,1-4H3. The second-order valence-corrected chi connectivity index (χ2v) is 8.43. The normalized spacial score (nSPS) is 13.2. The molecule has 2 aliphatic rings. The van der Waals surface area contributed by atoms with E-state index in [2.05, 4.69) is 93.2 Å². The van der Waals surface area contributed by atoms with Crippen molar-refractivity contribution in [1.29, 1.82) is 0 Å². The zero-order valence-electron chi connectivity index (χ0n) is 17.7. The Hall–Kier alpha value is -3.40. The molecule has 0 amide bonds. The van der Waals surface area contributed by atoms with Crippen LogP contribution in [-0.4, -0.2) is 16.8 Å². The highest BCUT2D eigenvalue weighted by molar-refractivity contribution is 6.93. The summed E-state index contributed by atoms with van der Waals surface area (Å²) in [7, 11) is 0. The molecule has 2 aromatic carbocycles. The van der Waals surface area contributed by atoms with Gasteiger partial charge in [0.25, 0.3) is 0 Å². The minimum Gasteiger partial charge on any atom is -0.376 e. The lowest BCUT2D eigenvalue weighted by molar-refractivity contribution is 1.12. The Morgan fingerprint density at radius 3 is 1.50 bits per heavy atom. The molecule has 0 radical (unpaired) electrons. The van der Waals surface area contributed by atoms with Crippen LogP contribution >= 0.6 is 0 Å². The van der Waals surface area contributed by atoms with Gasteiger partial charge in [0, 0.05) is 45.3 Å². The van der Waals surface area contributed by atoms with E-state index < -0.39 is 0 Å². The topological polar surface area (TPSA) is 29.0 Å². The Balaban J connectivity index is 1.81. The molecular formula is C26H22BN3. The molecule has 0 aliphatic carbocycles. The van der Waals surface area contributed by atoms with Crippen molar-refractivity contribution in [3.63, 3.8) is 0 Å². The first-order valence-corrected chi connectivity index (χ1v) is 10.5. The number of nitrogens with zero attached hydrogens (tertiary/aromatic N) is 3. The molecule has 30 heavy (non-hydrogen) atoms. The van der Waals surface area contributed by atoms with E-state index in [4.69, 9.17) is 9.97 Å². The van der Waals surface area contributed by atoms with Crippen LogP contribution in [0.5, 0.6) is 0 Å². The molecule has 6 rings (SSSR count). The molecule has 0 saturated carbocycles. The van der Waals surface area contributed by atoms with Gasteiger partial charge in [-0.3, -0.25) is 9.97 Å². The van der Waals surface area contributed by atoms with Crippen molar-refractivity contribution < 1.29 is 0 Å². The Kier molecular flexibility index (Phi) is 3.52. The van der Waals surface area contributed by atoms with Crippen molar-refractivity contribution in [1.82, 2.24) is 9.97 Å². The molecule has 4 heterocycles. The third-order valence-electron chi connectivity index (χ3n) is 6.47. The summed E-state index contributed by atoms with van der Waals surface area (Å²) in [5, 5.41) is 0. The van der Waals surface area contributed by atoms with Crippen LogP contribution in [0.1, 0.15) is 22.8 Å². The van der Waals surface area contributed by atoms with Crippen LogP contribution in [0.15, 0.2) is 60.7 Å². The second kappa shape index (κ2) is 6.05. The zero-order valence-corrected chi connectivity index (χ0v) is 17.7. The number of para-hydroxylation sites is 2. The van der Waals surface area contributed by atoms with Gasteiger partial charge in [-0.15, -0.1) is 0 Å². The van der Waals surface area contributed by atoms with E-state index in [1.54, 1.807) is 0 Å². The van der Waals surface area contributed by atoms with Gasteiger partial charge in [0.15, 0.2) is 0 Å². The lowest BCUT2D eigenvalue weighted by atomic mass is 9.42. The summed E-state index contributed by atoms with van der Waals surface area (Å²) in [5.41, 5.74) is 14.5. The summed E-state index contributed by atoms with van der Waals surface area (Å²) < 4.78 is 0. The van der Waals surface area contributed by atoms with Gasteiger partial charge >= 0.3 is 6.85 Å². The minimum atomic E-state index is 0.0704. The van der Waals surface area contributed by atoms with Gasteiger partial charge in [-0.25, -0.2) is 0 Å². The number of aryl methyl sites for hydroxylation is 4. The van der Waals surface area contributed by atoms with E-state index in [9.17, 15) is 0 Å². The summed E-state index contributed by atoms with van der Waals surface area (Å²) in [5.74, 6) is 0. The lowest BCUT2D eigenvalue weighted by Gasteiger charge is -2.44. The molecule has 2 aromatic heterocycles. The van der Waals surface area contributed by atoms with Gasteiger partial charge in [-0.1, -0.05) is 36.4 Å². The maximum absolute atomic E-state index is 4.88. The van der Waals surface area contributed by atoms with E-state index in [-0.39, 0.29) is 6.85 Å². The fraction of sp³-hybridized carbons (Fsp3) is 0.154. The summed E-state index contributed by atoms with van der Waals surface area (Å²) in [4.78, 5) is 12.3. The Morgan fingerprint density at radius 2 is 1.03 bits per heavy atom. The number of hydrogen-bond donors (Lipinski definition) is 0. The first-order valence-electron chi connectivity index (χ1n) is 10.5. The van der Waals surface area contributed by atoms with Crippen molar-refractivity contribution in [2.75, 3.05) is 4.81 Å². The van der Waals surface area contributed by atoms with Gasteiger partial charge in [0.1, 0.15) is 0 Å². The third-order valence-corrected chi connectivity index (χ3v) is 6.47.